The highest BCUT2D eigenvalue weighted by molar-refractivity contribution is 5.89. The summed E-state index contributed by atoms with van der Waals surface area (Å²) < 4.78 is 40.9. The van der Waals surface area contributed by atoms with Gasteiger partial charge in [0.15, 0.2) is 0 Å². The fourth-order valence-corrected chi connectivity index (χ4v) is 4.54. The van der Waals surface area contributed by atoms with E-state index in [1.165, 1.54) is 23.4 Å². The number of rotatable bonds is 4. The predicted octanol–water partition coefficient (Wildman–Crippen LogP) is 4.90. The summed E-state index contributed by atoms with van der Waals surface area (Å²) in [4.78, 5) is 14.8. The lowest BCUT2D eigenvalue weighted by Gasteiger charge is -2.29. The number of hydrogen-bond donors (Lipinski definition) is 1. The number of urea groups is 1. The van der Waals surface area contributed by atoms with Crippen molar-refractivity contribution in [3.05, 3.63) is 46.8 Å². The molecule has 1 aromatic carbocycles. The topological polar surface area (TPSA) is 50.2 Å². The molecule has 1 aromatic heterocycles. The number of aromatic nitrogens is 2. The zero-order valence-corrected chi connectivity index (χ0v) is 16.4. The Labute approximate surface area is 167 Å². The lowest BCUT2D eigenvalue weighted by molar-refractivity contribution is -0.137. The van der Waals surface area contributed by atoms with Crippen molar-refractivity contribution in [2.75, 3.05) is 5.32 Å². The molecule has 0 bridgehead atoms. The highest BCUT2D eigenvalue weighted by Crippen LogP contribution is 2.32. The van der Waals surface area contributed by atoms with Crippen LogP contribution in [0.5, 0.6) is 0 Å². The van der Waals surface area contributed by atoms with Gasteiger partial charge in [-0.2, -0.15) is 18.3 Å². The molecule has 2 aliphatic rings. The van der Waals surface area contributed by atoms with Crippen LogP contribution in [-0.2, 0) is 32.6 Å². The van der Waals surface area contributed by atoms with Crippen molar-refractivity contribution in [3.63, 3.8) is 0 Å². The summed E-state index contributed by atoms with van der Waals surface area (Å²) >= 11 is 0. The van der Waals surface area contributed by atoms with Crippen LogP contribution in [0, 0.1) is 0 Å². The van der Waals surface area contributed by atoms with Crippen LogP contribution >= 0.6 is 0 Å². The van der Waals surface area contributed by atoms with E-state index in [1.54, 1.807) is 4.90 Å². The van der Waals surface area contributed by atoms with Gasteiger partial charge in [0.25, 0.3) is 0 Å². The first kappa shape index (κ1) is 19.8. The second kappa shape index (κ2) is 7.72. The Morgan fingerprint density at radius 2 is 2.00 bits per heavy atom. The van der Waals surface area contributed by atoms with Gasteiger partial charge >= 0.3 is 12.2 Å². The molecule has 2 amide bonds. The number of hydrogen-bond acceptors (Lipinski definition) is 2. The highest BCUT2D eigenvalue weighted by atomic mass is 19.4. The summed E-state index contributed by atoms with van der Waals surface area (Å²) in [5.41, 5.74) is 2.74. The molecule has 2 aliphatic carbocycles. The second-order valence-corrected chi connectivity index (χ2v) is 7.92. The van der Waals surface area contributed by atoms with Gasteiger partial charge in [-0.1, -0.05) is 18.9 Å². The number of fused-ring (bicyclic) bond motifs is 1. The summed E-state index contributed by atoms with van der Waals surface area (Å²) in [7, 11) is 1.93. The Balaban J connectivity index is 1.56. The SMILES string of the molecule is Cn1nc(CN(C(=O)Nc2cccc(C(F)(F)F)c2)C2CCCC2)c2c1CCC2. The normalized spacial score (nSPS) is 16.8. The van der Waals surface area contributed by atoms with Crippen LogP contribution in [0.15, 0.2) is 24.3 Å². The number of alkyl halides is 3. The average Bonchev–Trinajstić information content (AvgIpc) is 3.40. The molecule has 4 rings (SSSR count). The van der Waals surface area contributed by atoms with E-state index in [4.69, 9.17) is 0 Å². The summed E-state index contributed by atoms with van der Waals surface area (Å²) in [5.74, 6) is 0. The first-order valence-corrected chi connectivity index (χ1v) is 10.1. The number of anilines is 1. The van der Waals surface area contributed by atoms with Crippen LogP contribution in [0.2, 0.25) is 0 Å². The summed E-state index contributed by atoms with van der Waals surface area (Å²) in [6.07, 6.45) is 2.53. The van der Waals surface area contributed by atoms with E-state index in [1.807, 2.05) is 11.7 Å². The lowest BCUT2D eigenvalue weighted by atomic mass is 10.1. The molecule has 0 saturated heterocycles. The van der Waals surface area contributed by atoms with Crippen molar-refractivity contribution in [3.8, 4) is 0 Å². The van der Waals surface area contributed by atoms with Crippen LogP contribution < -0.4 is 5.32 Å². The van der Waals surface area contributed by atoms with Crippen LogP contribution in [0.3, 0.4) is 0 Å². The average molecular weight is 406 g/mol. The van der Waals surface area contributed by atoms with Gasteiger partial charge < -0.3 is 10.2 Å². The van der Waals surface area contributed by atoms with E-state index in [9.17, 15) is 18.0 Å². The second-order valence-electron chi connectivity index (χ2n) is 7.92. The van der Waals surface area contributed by atoms with Gasteiger partial charge in [0.2, 0.25) is 0 Å². The molecule has 0 aliphatic heterocycles. The third-order valence-corrected chi connectivity index (χ3v) is 5.99. The number of amides is 2. The first-order valence-electron chi connectivity index (χ1n) is 10.1. The molecule has 1 heterocycles. The maximum absolute atomic E-state index is 13.1. The zero-order valence-electron chi connectivity index (χ0n) is 16.4. The molecule has 29 heavy (non-hydrogen) atoms. The third kappa shape index (κ3) is 4.11. The van der Waals surface area contributed by atoms with Crippen LogP contribution in [0.25, 0.3) is 0 Å². The molecule has 2 aromatic rings. The lowest BCUT2D eigenvalue weighted by Crippen LogP contribution is -2.41. The van der Waals surface area contributed by atoms with Gasteiger partial charge in [0.05, 0.1) is 17.8 Å². The van der Waals surface area contributed by atoms with E-state index in [0.717, 1.165) is 62.8 Å². The molecule has 8 heteroatoms. The van der Waals surface area contributed by atoms with E-state index >= 15 is 0 Å². The van der Waals surface area contributed by atoms with E-state index in [2.05, 4.69) is 10.4 Å². The van der Waals surface area contributed by atoms with E-state index < -0.39 is 11.7 Å². The van der Waals surface area contributed by atoms with Gasteiger partial charge in [0.1, 0.15) is 0 Å². The molecular weight excluding hydrogens is 381 g/mol. The fourth-order valence-electron chi connectivity index (χ4n) is 4.54. The van der Waals surface area contributed by atoms with E-state index in [0.29, 0.717) is 6.54 Å². The van der Waals surface area contributed by atoms with Gasteiger partial charge in [-0.05, 0) is 55.9 Å². The molecule has 0 spiro atoms. The molecule has 0 atom stereocenters. The smallest absolute Gasteiger partial charge is 0.316 e. The summed E-state index contributed by atoms with van der Waals surface area (Å²) in [6.45, 7) is 0.388. The Kier molecular flexibility index (Phi) is 5.27. The van der Waals surface area contributed by atoms with Crippen molar-refractivity contribution in [1.29, 1.82) is 0 Å². The standard InChI is InChI=1S/C21H25F3N4O/c1-27-19-11-5-10-17(19)18(26-27)13-28(16-8-2-3-9-16)20(29)25-15-7-4-6-14(12-15)21(22,23)24/h4,6-7,12,16H,2-3,5,8-11,13H2,1H3,(H,25,29). The minimum Gasteiger partial charge on any atom is -0.316 e. The van der Waals surface area contributed by atoms with Crippen molar-refractivity contribution in [2.24, 2.45) is 7.05 Å². The maximum atomic E-state index is 13.1. The van der Waals surface area contributed by atoms with E-state index in [-0.39, 0.29) is 17.8 Å². The zero-order chi connectivity index (χ0) is 20.6. The molecule has 5 nitrogen and oxygen atoms in total. The van der Waals surface area contributed by atoms with Gasteiger partial charge in [-0.25, -0.2) is 4.79 Å². The number of nitrogens with zero attached hydrogens (tertiary/aromatic N) is 3. The number of benzene rings is 1. The Bertz CT molecular complexity index is 900. The number of halogens is 3. The van der Waals surface area contributed by atoms with Gasteiger partial charge in [-0.15, -0.1) is 0 Å². The molecule has 1 fully saturated rings. The number of carbonyl (C=O) groups is 1. The Morgan fingerprint density at radius 1 is 1.24 bits per heavy atom. The summed E-state index contributed by atoms with van der Waals surface area (Å²) in [5, 5.41) is 7.30. The third-order valence-electron chi connectivity index (χ3n) is 5.99. The van der Waals surface area contributed by atoms with Crippen LogP contribution in [0.4, 0.5) is 23.7 Å². The fraction of sp³-hybridized carbons (Fsp3) is 0.524. The van der Waals surface area contributed by atoms with Crippen LogP contribution in [-0.4, -0.2) is 26.8 Å². The molecular formula is C21H25F3N4O. The quantitative estimate of drug-likeness (QED) is 0.785. The number of nitrogens with one attached hydrogen (secondary N) is 1. The maximum Gasteiger partial charge on any atom is 0.416 e. The van der Waals surface area contributed by atoms with Gasteiger partial charge in [-0.3, -0.25) is 4.68 Å². The molecule has 156 valence electrons. The Hall–Kier alpha value is -2.51. The summed E-state index contributed by atoms with van der Waals surface area (Å²) in [6, 6.07) is 4.49. The molecule has 1 N–H and O–H groups in total. The van der Waals surface area contributed by atoms with Crippen molar-refractivity contribution in [1.82, 2.24) is 14.7 Å². The molecule has 0 radical (unpaired) electrons. The largest absolute Gasteiger partial charge is 0.416 e. The monoisotopic (exact) mass is 406 g/mol. The number of aryl methyl sites for hydroxylation is 1. The van der Waals surface area contributed by atoms with Crippen molar-refractivity contribution in [2.45, 2.75) is 63.7 Å². The van der Waals surface area contributed by atoms with Crippen molar-refractivity contribution >= 4 is 11.7 Å². The predicted molar refractivity (Wildman–Crippen MR) is 103 cm³/mol. The van der Waals surface area contributed by atoms with Crippen LogP contribution in [0.1, 0.15) is 54.6 Å². The minimum absolute atomic E-state index is 0.0832. The molecule has 0 unspecified atom stereocenters. The minimum atomic E-state index is -4.44. The number of carbonyl (C=O) groups excluding carboxylic acids is 1. The van der Waals surface area contributed by atoms with Gasteiger partial charge in [0, 0.05) is 24.5 Å². The highest BCUT2D eigenvalue weighted by Gasteiger charge is 2.32. The Morgan fingerprint density at radius 3 is 2.72 bits per heavy atom. The molecule has 1 saturated carbocycles. The first-order chi connectivity index (χ1) is 13.8. The van der Waals surface area contributed by atoms with Crippen molar-refractivity contribution < 1.29 is 18.0 Å².